The molecule has 0 aliphatic carbocycles. The Morgan fingerprint density at radius 1 is 1.47 bits per heavy atom. The first-order chi connectivity index (χ1) is 9.10. The topological polar surface area (TPSA) is 24.9 Å². The van der Waals surface area contributed by atoms with Crippen LogP contribution in [0.3, 0.4) is 0 Å². The van der Waals surface area contributed by atoms with Gasteiger partial charge in [-0.2, -0.15) is 0 Å². The van der Waals surface area contributed by atoms with Gasteiger partial charge in [0.15, 0.2) is 0 Å². The highest BCUT2D eigenvalue weighted by atomic mass is 35.5. The summed E-state index contributed by atoms with van der Waals surface area (Å²) in [6.45, 7) is 4.75. The largest absolute Gasteiger partial charge is 0.310 e. The molecule has 1 heterocycles. The van der Waals surface area contributed by atoms with Crippen LogP contribution in [0.1, 0.15) is 29.2 Å². The van der Waals surface area contributed by atoms with Gasteiger partial charge in [-0.15, -0.1) is 11.3 Å². The Kier molecular flexibility index (Phi) is 4.91. The van der Waals surface area contributed by atoms with Crippen molar-refractivity contribution in [2.75, 3.05) is 6.54 Å². The second kappa shape index (κ2) is 6.46. The Bertz CT molecular complexity index is 556. The van der Waals surface area contributed by atoms with Gasteiger partial charge in [0.1, 0.15) is 5.82 Å². The smallest absolute Gasteiger partial charge is 0.129 e. The number of hydrogen-bond donors (Lipinski definition) is 1. The van der Waals surface area contributed by atoms with Crippen LogP contribution in [-0.4, -0.2) is 11.5 Å². The Morgan fingerprint density at radius 3 is 2.84 bits per heavy atom. The molecule has 1 N–H and O–H groups in total. The van der Waals surface area contributed by atoms with Gasteiger partial charge in [-0.1, -0.05) is 24.6 Å². The maximum absolute atomic E-state index is 14.0. The Morgan fingerprint density at radius 2 is 2.26 bits per heavy atom. The molecule has 0 saturated carbocycles. The molecule has 0 aliphatic rings. The van der Waals surface area contributed by atoms with Gasteiger partial charge in [0.2, 0.25) is 0 Å². The van der Waals surface area contributed by atoms with Crippen LogP contribution in [0.25, 0.3) is 0 Å². The standard InChI is InChI=1S/C14H16ClFN2S/c1-3-17-14(7-11-8-19-9(2)18-11)12-5-4-10(15)6-13(12)16/h4-6,8,14,17H,3,7H2,1-2H3. The summed E-state index contributed by atoms with van der Waals surface area (Å²) in [5.41, 5.74) is 1.62. The number of thiazole rings is 1. The van der Waals surface area contributed by atoms with E-state index in [1.54, 1.807) is 23.5 Å². The van der Waals surface area contributed by atoms with Crippen LogP contribution < -0.4 is 5.32 Å². The lowest BCUT2D eigenvalue weighted by atomic mass is 10.0. The normalized spacial score (nSPS) is 12.6. The van der Waals surface area contributed by atoms with Crippen molar-refractivity contribution < 1.29 is 4.39 Å². The molecule has 0 fully saturated rings. The number of likely N-dealkylation sites (N-methyl/N-ethyl adjacent to an activating group) is 1. The van der Waals surface area contributed by atoms with Crippen molar-refractivity contribution >= 4 is 22.9 Å². The van der Waals surface area contributed by atoms with Crippen molar-refractivity contribution in [2.45, 2.75) is 26.3 Å². The third-order valence-electron chi connectivity index (χ3n) is 2.87. The molecule has 1 atom stereocenters. The number of rotatable bonds is 5. The highest BCUT2D eigenvalue weighted by Crippen LogP contribution is 2.24. The van der Waals surface area contributed by atoms with Crippen molar-refractivity contribution in [3.8, 4) is 0 Å². The fraction of sp³-hybridized carbons (Fsp3) is 0.357. The average molecular weight is 299 g/mol. The molecule has 0 radical (unpaired) electrons. The van der Waals surface area contributed by atoms with E-state index in [0.717, 1.165) is 17.2 Å². The minimum absolute atomic E-state index is 0.0798. The van der Waals surface area contributed by atoms with E-state index in [1.807, 2.05) is 19.2 Å². The third-order valence-corrected chi connectivity index (χ3v) is 3.93. The van der Waals surface area contributed by atoms with Gasteiger partial charge in [-0.3, -0.25) is 0 Å². The zero-order valence-corrected chi connectivity index (χ0v) is 12.5. The van der Waals surface area contributed by atoms with E-state index in [0.29, 0.717) is 17.0 Å². The van der Waals surface area contributed by atoms with Crippen LogP contribution in [0.5, 0.6) is 0 Å². The number of nitrogens with zero attached hydrogens (tertiary/aromatic N) is 1. The summed E-state index contributed by atoms with van der Waals surface area (Å²) < 4.78 is 14.0. The Labute approximate surface area is 121 Å². The first-order valence-electron chi connectivity index (χ1n) is 6.19. The van der Waals surface area contributed by atoms with Gasteiger partial charge in [-0.25, -0.2) is 9.37 Å². The lowest BCUT2D eigenvalue weighted by Gasteiger charge is -2.18. The molecular formula is C14H16ClFN2S. The fourth-order valence-electron chi connectivity index (χ4n) is 2.03. The summed E-state index contributed by atoms with van der Waals surface area (Å²) in [5.74, 6) is -0.273. The van der Waals surface area contributed by atoms with Crippen molar-refractivity contribution in [1.29, 1.82) is 0 Å². The SMILES string of the molecule is CCNC(Cc1csc(C)n1)c1ccc(Cl)cc1F. The van der Waals surface area contributed by atoms with Gasteiger partial charge in [-0.05, 0) is 25.6 Å². The van der Waals surface area contributed by atoms with Gasteiger partial charge < -0.3 is 5.32 Å². The predicted molar refractivity (Wildman–Crippen MR) is 78.4 cm³/mol. The molecule has 2 rings (SSSR count). The lowest BCUT2D eigenvalue weighted by molar-refractivity contribution is 0.507. The molecule has 0 bridgehead atoms. The second-order valence-corrected chi connectivity index (χ2v) is 5.84. The molecule has 1 unspecified atom stereocenters. The van der Waals surface area contributed by atoms with E-state index < -0.39 is 0 Å². The molecular weight excluding hydrogens is 283 g/mol. The van der Waals surface area contributed by atoms with Crippen LogP contribution in [0, 0.1) is 12.7 Å². The van der Waals surface area contributed by atoms with Gasteiger partial charge >= 0.3 is 0 Å². The molecule has 2 nitrogen and oxygen atoms in total. The number of halogens is 2. The Hall–Kier alpha value is -0.970. The lowest BCUT2D eigenvalue weighted by Crippen LogP contribution is -2.24. The van der Waals surface area contributed by atoms with E-state index >= 15 is 0 Å². The molecule has 102 valence electrons. The molecule has 5 heteroatoms. The zero-order chi connectivity index (χ0) is 13.8. The third kappa shape index (κ3) is 3.75. The predicted octanol–water partition coefficient (Wildman–Crippen LogP) is 4.14. The molecule has 19 heavy (non-hydrogen) atoms. The number of nitrogens with one attached hydrogen (secondary N) is 1. The summed E-state index contributed by atoms with van der Waals surface area (Å²) in [6.07, 6.45) is 0.677. The minimum Gasteiger partial charge on any atom is -0.310 e. The summed E-state index contributed by atoms with van der Waals surface area (Å²) in [7, 11) is 0. The van der Waals surface area contributed by atoms with Crippen molar-refractivity contribution in [3.05, 3.63) is 50.7 Å². The van der Waals surface area contributed by atoms with Gasteiger partial charge in [0, 0.05) is 28.4 Å². The molecule has 1 aromatic carbocycles. The quantitative estimate of drug-likeness (QED) is 0.897. The number of aromatic nitrogens is 1. The maximum atomic E-state index is 14.0. The van der Waals surface area contributed by atoms with E-state index in [9.17, 15) is 4.39 Å². The van der Waals surface area contributed by atoms with Crippen molar-refractivity contribution in [3.63, 3.8) is 0 Å². The molecule has 0 saturated heterocycles. The van der Waals surface area contributed by atoms with Crippen molar-refractivity contribution in [1.82, 2.24) is 10.3 Å². The second-order valence-electron chi connectivity index (χ2n) is 4.34. The summed E-state index contributed by atoms with van der Waals surface area (Å²) >= 11 is 7.40. The monoisotopic (exact) mass is 298 g/mol. The fourth-order valence-corrected chi connectivity index (χ4v) is 2.82. The van der Waals surface area contributed by atoms with Crippen LogP contribution in [0.2, 0.25) is 5.02 Å². The molecule has 2 aromatic rings. The summed E-state index contributed by atoms with van der Waals surface area (Å²) in [4.78, 5) is 4.44. The van der Waals surface area contributed by atoms with E-state index in [2.05, 4.69) is 10.3 Å². The molecule has 1 aromatic heterocycles. The summed E-state index contributed by atoms with van der Waals surface area (Å²) in [5, 5.41) is 6.77. The van der Waals surface area contributed by atoms with E-state index in [1.165, 1.54) is 6.07 Å². The average Bonchev–Trinajstić information content (AvgIpc) is 2.74. The van der Waals surface area contributed by atoms with Crippen LogP contribution >= 0.6 is 22.9 Å². The summed E-state index contributed by atoms with van der Waals surface area (Å²) in [6, 6.07) is 4.73. The van der Waals surface area contributed by atoms with Crippen molar-refractivity contribution in [2.24, 2.45) is 0 Å². The van der Waals surface area contributed by atoms with E-state index in [-0.39, 0.29) is 11.9 Å². The highest BCUT2D eigenvalue weighted by molar-refractivity contribution is 7.09. The van der Waals surface area contributed by atoms with Gasteiger partial charge in [0.25, 0.3) is 0 Å². The molecule has 0 aliphatic heterocycles. The number of hydrogen-bond acceptors (Lipinski definition) is 3. The molecule has 0 amide bonds. The maximum Gasteiger partial charge on any atom is 0.129 e. The minimum atomic E-state index is -0.273. The highest BCUT2D eigenvalue weighted by Gasteiger charge is 2.17. The first-order valence-corrected chi connectivity index (χ1v) is 7.45. The van der Waals surface area contributed by atoms with E-state index in [4.69, 9.17) is 11.6 Å². The zero-order valence-electron chi connectivity index (χ0n) is 10.9. The number of aryl methyl sites for hydroxylation is 1. The van der Waals surface area contributed by atoms with Crippen LogP contribution in [-0.2, 0) is 6.42 Å². The van der Waals surface area contributed by atoms with Crippen LogP contribution in [0.4, 0.5) is 4.39 Å². The molecule has 0 spiro atoms. The van der Waals surface area contributed by atoms with Crippen LogP contribution in [0.15, 0.2) is 23.6 Å². The number of benzene rings is 1. The van der Waals surface area contributed by atoms with Gasteiger partial charge in [0.05, 0.1) is 10.7 Å². The Balaban J connectivity index is 2.23. The first kappa shape index (κ1) is 14.4.